The van der Waals surface area contributed by atoms with Gasteiger partial charge in [-0.1, -0.05) is 18.2 Å². The highest BCUT2D eigenvalue weighted by Gasteiger charge is 2.09. The lowest BCUT2D eigenvalue weighted by molar-refractivity contribution is 0.393. The van der Waals surface area contributed by atoms with Crippen molar-refractivity contribution in [3.8, 4) is 5.88 Å². The zero-order chi connectivity index (χ0) is 13.1. The fraction of sp³-hybridized carbons (Fsp3) is 0.143. The first-order valence-corrected chi connectivity index (χ1v) is 7.69. The Labute approximate surface area is 119 Å². The van der Waals surface area contributed by atoms with Crippen LogP contribution >= 0.6 is 23.1 Å². The van der Waals surface area contributed by atoms with Crippen LogP contribution in [0.2, 0.25) is 0 Å². The first-order valence-electron chi connectivity index (χ1n) is 5.83. The van der Waals surface area contributed by atoms with Crippen molar-refractivity contribution in [2.75, 3.05) is 7.11 Å². The van der Waals surface area contributed by atoms with Crippen LogP contribution in [-0.2, 0) is 5.75 Å². The van der Waals surface area contributed by atoms with Crippen LogP contribution < -0.4 is 4.74 Å². The number of benzene rings is 1. The maximum Gasteiger partial charge on any atom is 0.236 e. The lowest BCUT2D eigenvalue weighted by Gasteiger charge is -2.07. The second-order valence-electron chi connectivity index (χ2n) is 3.89. The summed E-state index contributed by atoms with van der Waals surface area (Å²) in [4.78, 5) is 9.14. The molecule has 0 atom stereocenters. The Kier molecular flexibility index (Phi) is 3.66. The minimum Gasteiger partial charge on any atom is -0.480 e. The van der Waals surface area contributed by atoms with Gasteiger partial charge in [-0.25, -0.2) is 9.97 Å². The Bertz CT molecular complexity index is 683. The van der Waals surface area contributed by atoms with E-state index in [0.29, 0.717) is 5.88 Å². The molecule has 2 heterocycles. The molecule has 0 aliphatic carbocycles. The molecule has 3 aromatic rings. The topological polar surface area (TPSA) is 35.0 Å². The molecule has 1 aromatic carbocycles. The van der Waals surface area contributed by atoms with E-state index >= 15 is 0 Å². The normalized spacial score (nSPS) is 10.8. The Morgan fingerprint density at radius 1 is 1.11 bits per heavy atom. The molecule has 0 radical (unpaired) electrons. The molecule has 19 heavy (non-hydrogen) atoms. The highest BCUT2D eigenvalue weighted by atomic mass is 32.2. The number of hydrogen-bond acceptors (Lipinski definition) is 5. The van der Waals surface area contributed by atoms with Crippen molar-refractivity contribution in [2.45, 2.75) is 9.96 Å². The summed E-state index contributed by atoms with van der Waals surface area (Å²) < 4.78 is 6.61. The summed E-state index contributed by atoms with van der Waals surface area (Å²) in [6, 6.07) is 12.0. The molecule has 0 N–H and O–H groups in total. The van der Waals surface area contributed by atoms with Crippen LogP contribution in [-0.4, -0.2) is 17.1 Å². The zero-order valence-corrected chi connectivity index (χ0v) is 12.0. The Morgan fingerprint density at radius 3 is 2.58 bits per heavy atom. The van der Waals surface area contributed by atoms with Gasteiger partial charge in [-0.15, -0.1) is 23.1 Å². The predicted molar refractivity (Wildman–Crippen MR) is 80.0 cm³/mol. The van der Waals surface area contributed by atoms with Gasteiger partial charge in [0.05, 0.1) is 22.4 Å². The lowest BCUT2D eigenvalue weighted by Crippen LogP contribution is -1.98. The van der Waals surface area contributed by atoms with Gasteiger partial charge in [0, 0.05) is 5.75 Å². The van der Waals surface area contributed by atoms with Crippen LogP contribution in [0.4, 0.5) is 0 Å². The lowest BCUT2D eigenvalue weighted by atomic mass is 10.3. The Morgan fingerprint density at radius 2 is 1.89 bits per heavy atom. The second-order valence-corrected chi connectivity index (χ2v) is 6.11. The van der Waals surface area contributed by atoms with Gasteiger partial charge in [-0.3, -0.25) is 0 Å². The largest absolute Gasteiger partial charge is 0.480 e. The van der Waals surface area contributed by atoms with Gasteiger partial charge in [-0.05, 0) is 23.6 Å². The monoisotopic (exact) mass is 288 g/mol. The molecule has 96 valence electrons. The van der Waals surface area contributed by atoms with E-state index in [2.05, 4.69) is 27.5 Å². The van der Waals surface area contributed by atoms with E-state index in [1.165, 1.54) is 4.21 Å². The maximum absolute atomic E-state index is 5.34. The van der Waals surface area contributed by atoms with Gasteiger partial charge < -0.3 is 4.74 Å². The van der Waals surface area contributed by atoms with Gasteiger partial charge in [0.25, 0.3) is 0 Å². The second kappa shape index (κ2) is 5.59. The number of nitrogens with zero attached hydrogens (tertiary/aromatic N) is 2. The quantitative estimate of drug-likeness (QED) is 0.680. The van der Waals surface area contributed by atoms with E-state index in [1.807, 2.05) is 24.3 Å². The summed E-state index contributed by atoms with van der Waals surface area (Å²) in [5.41, 5.74) is 2.66. The molecular formula is C14H12N2OS2. The standard InChI is InChI=1S/C14H12N2OS2/c1-17-14-12(9-19-13-7-4-8-18-13)15-10-5-2-3-6-11(10)16-14/h2-8H,9H2,1H3. The van der Waals surface area contributed by atoms with Crippen molar-refractivity contribution in [3.63, 3.8) is 0 Å². The third-order valence-electron chi connectivity index (χ3n) is 2.65. The van der Waals surface area contributed by atoms with Crippen LogP contribution in [0.3, 0.4) is 0 Å². The molecule has 3 rings (SSSR count). The molecule has 5 heteroatoms. The number of ether oxygens (including phenoxy) is 1. The molecule has 0 unspecified atom stereocenters. The molecule has 0 bridgehead atoms. The van der Waals surface area contributed by atoms with Crippen LogP contribution in [0.5, 0.6) is 5.88 Å². The zero-order valence-electron chi connectivity index (χ0n) is 10.4. The van der Waals surface area contributed by atoms with Crippen LogP contribution in [0.15, 0.2) is 46.0 Å². The first kappa shape index (κ1) is 12.4. The van der Waals surface area contributed by atoms with Crippen molar-refractivity contribution in [1.29, 1.82) is 0 Å². The van der Waals surface area contributed by atoms with Crippen molar-refractivity contribution in [2.24, 2.45) is 0 Å². The van der Waals surface area contributed by atoms with Gasteiger partial charge in [-0.2, -0.15) is 0 Å². The molecule has 0 saturated heterocycles. The van der Waals surface area contributed by atoms with Gasteiger partial charge in [0.1, 0.15) is 5.69 Å². The fourth-order valence-corrected chi connectivity index (χ4v) is 3.47. The summed E-state index contributed by atoms with van der Waals surface area (Å²) in [5.74, 6) is 1.38. The van der Waals surface area contributed by atoms with Crippen molar-refractivity contribution >= 4 is 34.1 Å². The summed E-state index contributed by atoms with van der Waals surface area (Å²) >= 11 is 3.49. The van der Waals surface area contributed by atoms with Crippen molar-refractivity contribution < 1.29 is 4.74 Å². The third kappa shape index (κ3) is 2.72. The minimum atomic E-state index is 0.614. The van der Waals surface area contributed by atoms with Crippen LogP contribution in [0.1, 0.15) is 5.69 Å². The number of thiophene rings is 1. The number of aromatic nitrogens is 2. The van der Waals surface area contributed by atoms with Gasteiger partial charge in [0.15, 0.2) is 0 Å². The average molecular weight is 288 g/mol. The third-order valence-corrected chi connectivity index (χ3v) is 4.79. The number of fused-ring (bicyclic) bond motifs is 1. The van der Waals surface area contributed by atoms with Crippen molar-refractivity contribution in [1.82, 2.24) is 9.97 Å². The number of hydrogen-bond donors (Lipinski definition) is 0. The first-order chi connectivity index (χ1) is 9.36. The molecule has 0 spiro atoms. The summed E-state index contributed by atoms with van der Waals surface area (Å²) in [6.45, 7) is 0. The molecule has 3 nitrogen and oxygen atoms in total. The minimum absolute atomic E-state index is 0.614. The van der Waals surface area contributed by atoms with E-state index in [9.17, 15) is 0 Å². The smallest absolute Gasteiger partial charge is 0.236 e. The SMILES string of the molecule is COc1nc2ccccc2nc1CSc1cccs1. The Balaban J connectivity index is 1.92. The summed E-state index contributed by atoms with van der Waals surface area (Å²) in [7, 11) is 1.64. The maximum atomic E-state index is 5.34. The van der Waals surface area contributed by atoms with Gasteiger partial charge >= 0.3 is 0 Å². The molecule has 0 saturated carbocycles. The molecule has 0 aliphatic heterocycles. The van der Waals surface area contributed by atoms with E-state index in [-0.39, 0.29) is 0 Å². The number of methoxy groups -OCH3 is 1. The molecule has 0 fully saturated rings. The summed E-state index contributed by atoms with van der Waals surface area (Å²) in [6.07, 6.45) is 0. The van der Waals surface area contributed by atoms with E-state index < -0.39 is 0 Å². The fourth-order valence-electron chi connectivity index (χ4n) is 1.76. The van der Waals surface area contributed by atoms with E-state index in [0.717, 1.165) is 22.5 Å². The molecule has 0 amide bonds. The highest BCUT2D eigenvalue weighted by molar-refractivity contribution is 8.00. The number of rotatable bonds is 4. The predicted octanol–water partition coefficient (Wildman–Crippen LogP) is 3.99. The highest BCUT2D eigenvalue weighted by Crippen LogP contribution is 2.29. The van der Waals surface area contributed by atoms with E-state index in [1.54, 1.807) is 30.2 Å². The Hall–Kier alpha value is -1.59. The average Bonchev–Trinajstić information content (AvgIpc) is 2.97. The van der Waals surface area contributed by atoms with Crippen molar-refractivity contribution in [3.05, 3.63) is 47.5 Å². The molecule has 2 aromatic heterocycles. The number of thioether (sulfide) groups is 1. The summed E-state index contributed by atoms with van der Waals surface area (Å²) in [5, 5.41) is 2.08. The molecule has 0 aliphatic rings. The van der Waals surface area contributed by atoms with E-state index in [4.69, 9.17) is 4.74 Å². The molecular weight excluding hydrogens is 276 g/mol. The van der Waals surface area contributed by atoms with Gasteiger partial charge in [0.2, 0.25) is 5.88 Å². The van der Waals surface area contributed by atoms with Crippen LogP contribution in [0.25, 0.3) is 11.0 Å². The number of para-hydroxylation sites is 2. The van der Waals surface area contributed by atoms with Crippen LogP contribution in [0, 0.1) is 0 Å².